The van der Waals surface area contributed by atoms with Gasteiger partial charge in [-0.2, -0.15) is 0 Å². The van der Waals surface area contributed by atoms with Gasteiger partial charge >= 0.3 is 5.97 Å². The fraction of sp³-hybridized carbons (Fsp3) is 0.0667. The minimum atomic E-state index is -0.906. The zero-order valence-corrected chi connectivity index (χ0v) is 13.0. The van der Waals surface area contributed by atoms with E-state index < -0.39 is 11.2 Å². The molecule has 0 aliphatic heterocycles. The second kappa shape index (κ2) is 7.82. The maximum Gasteiger partial charge on any atom is 0.336 e. The van der Waals surface area contributed by atoms with E-state index in [-0.39, 0.29) is 0 Å². The van der Waals surface area contributed by atoms with Crippen LogP contribution in [0, 0.1) is 6.92 Å². The highest BCUT2D eigenvalue weighted by molar-refractivity contribution is 9.10. The maximum absolute atomic E-state index is 10.5. The predicted molar refractivity (Wildman–Crippen MR) is 82.5 cm³/mol. The van der Waals surface area contributed by atoms with Gasteiger partial charge in [-0.05, 0) is 52.2 Å². The lowest BCUT2D eigenvalue weighted by Gasteiger charge is -1.98. The van der Waals surface area contributed by atoms with E-state index in [1.54, 1.807) is 42.5 Å². The smallest absolute Gasteiger partial charge is 0.336 e. The molecule has 1 N–H and O–H groups in total. The molecular formula is C15H12BrClO3. The number of carbonyl (C=O) groups is 2. The first-order valence-electron chi connectivity index (χ1n) is 5.66. The lowest BCUT2D eigenvalue weighted by molar-refractivity contribution is 0.0695. The summed E-state index contributed by atoms with van der Waals surface area (Å²) in [6.45, 7) is 1.91. The number of aryl methyl sites for hydroxylation is 1. The number of aromatic carboxylic acids is 1. The van der Waals surface area contributed by atoms with E-state index in [0.29, 0.717) is 15.6 Å². The van der Waals surface area contributed by atoms with E-state index in [1.165, 1.54) is 0 Å². The van der Waals surface area contributed by atoms with Gasteiger partial charge in [0.1, 0.15) is 0 Å². The Morgan fingerprint density at radius 3 is 2.10 bits per heavy atom. The second-order valence-electron chi connectivity index (χ2n) is 3.93. The van der Waals surface area contributed by atoms with Crippen LogP contribution in [0.3, 0.4) is 0 Å². The van der Waals surface area contributed by atoms with Gasteiger partial charge in [-0.3, -0.25) is 4.79 Å². The third-order valence-electron chi connectivity index (χ3n) is 2.36. The summed E-state index contributed by atoms with van der Waals surface area (Å²) in [6, 6.07) is 13.9. The SMILES string of the molecule is Cc1ccc(C(=O)O)c(Br)c1.O=C(Cl)c1ccccc1. The monoisotopic (exact) mass is 354 g/mol. The molecule has 0 heterocycles. The van der Waals surface area contributed by atoms with Gasteiger partial charge in [-0.25, -0.2) is 4.79 Å². The van der Waals surface area contributed by atoms with E-state index in [0.717, 1.165) is 5.56 Å². The van der Waals surface area contributed by atoms with Crippen LogP contribution in [-0.4, -0.2) is 16.3 Å². The molecule has 20 heavy (non-hydrogen) atoms. The van der Waals surface area contributed by atoms with Crippen LogP contribution in [0.15, 0.2) is 53.0 Å². The Morgan fingerprint density at radius 1 is 1.10 bits per heavy atom. The molecule has 0 saturated carbocycles. The summed E-state index contributed by atoms with van der Waals surface area (Å²) in [7, 11) is 0. The topological polar surface area (TPSA) is 54.4 Å². The van der Waals surface area contributed by atoms with Crippen LogP contribution in [0.4, 0.5) is 0 Å². The maximum atomic E-state index is 10.5. The van der Waals surface area contributed by atoms with E-state index in [1.807, 2.05) is 13.0 Å². The quantitative estimate of drug-likeness (QED) is 0.806. The summed E-state index contributed by atoms with van der Waals surface area (Å²) in [5, 5.41) is 8.22. The van der Waals surface area contributed by atoms with Gasteiger partial charge < -0.3 is 5.11 Å². The van der Waals surface area contributed by atoms with Gasteiger partial charge in [-0.1, -0.05) is 36.4 Å². The molecule has 104 valence electrons. The van der Waals surface area contributed by atoms with Gasteiger partial charge in [-0.15, -0.1) is 0 Å². The van der Waals surface area contributed by atoms with Crippen molar-refractivity contribution in [1.29, 1.82) is 0 Å². The van der Waals surface area contributed by atoms with E-state index in [4.69, 9.17) is 16.7 Å². The number of halogens is 2. The number of hydrogen-bond acceptors (Lipinski definition) is 2. The number of hydrogen-bond donors (Lipinski definition) is 1. The Hall–Kier alpha value is -1.65. The Morgan fingerprint density at radius 2 is 1.70 bits per heavy atom. The predicted octanol–water partition coefficient (Wildman–Crippen LogP) is 4.52. The van der Waals surface area contributed by atoms with Crippen LogP contribution in [0.25, 0.3) is 0 Å². The Bertz CT molecular complexity index is 612. The number of carboxylic acids is 1. The largest absolute Gasteiger partial charge is 0.478 e. The standard InChI is InChI=1S/C8H7BrO2.C7H5ClO/c1-5-2-3-6(8(10)11)7(9)4-5;8-7(9)6-4-2-1-3-5-6/h2-4H,1H3,(H,10,11);1-5H. The Labute approximate surface area is 130 Å². The highest BCUT2D eigenvalue weighted by atomic mass is 79.9. The van der Waals surface area contributed by atoms with Crippen LogP contribution in [0.5, 0.6) is 0 Å². The molecule has 0 saturated heterocycles. The molecule has 3 nitrogen and oxygen atoms in total. The average Bonchev–Trinajstić information content (AvgIpc) is 2.40. The molecule has 0 aliphatic carbocycles. The molecule has 0 fully saturated rings. The average molecular weight is 356 g/mol. The van der Waals surface area contributed by atoms with Crippen molar-refractivity contribution in [3.8, 4) is 0 Å². The number of rotatable bonds is 2. The Balaban J connectivity index is 0.000000204. The van der Waals surface area contributed by atoms with Crippen LogP contribution in [0.1, 0.15) is 26.3 Å². The van der Waals surface area contributed by atoms with E-state index >= 15 is 0 Å². The summed E-state index contributed by atoms with van der Waals surface area (Å²) < 4.78 is 0.630. The minimum absolute atomic E-state index is 0.301. The number of carbonyl (C=O) groups excluding carboxylic acids is 1. The molecule has 0 bridgehead atoms. The Kier molecular flexibility index (Phi) is 6.42. The third-order valence-corrected chi connectivity index (χ3v) is 3.23. The van der Waals surface area contributed by atoms with Gasteiger partial charge in [0.2, 0.25) is 0 Å². The van der Waals surface area contributed by atoms with Crippen molar-refractivity contribution < 1.29 is 14.7 Å². The van der Waals surface area contributed by atoms with Crippen molar-refractivity contribution in [2.45, 2.75) is 6.92 Å². The lowest BCUT2D eigenvalue weighted by atomic mass is 10.2. The highest BCUT2D eigenvalue weighted by Gasteiger charge is 2.06. The number of benzene rings is 2. The molecule has 0 aromatic heterocycles. The first-order chi connectivity index (χ1) is 9.41. The van der Waals surface area contributed by atoms with Crippen molar-refractivity contribution in [2.24, 2.45) is 0 Å². The molecule has 0 aliphatic rings. The summed E-state index contributed by atoms with van der Waals surface area (Å²) in [4.78, 5) is 20.9. The van der Waals surface area contributed by atoms with Crippen molar-refractivity contribution in [3.05, 3.63) is 69.7 Å². The third kappa shape index (κ3) is 5.15. The summed E-state index contributed by atoms with van der Waals surface area (Å²) in [5.41, 5.74) is 1.89. The number of carboxylic acid groups (broad SMARTS) is 1. The fourth-order valence-electron chi connectivity index (χ4n) is 1.36. The first kappa shape index (κ1) is 16.4. The molecule has 5 heteroatoms. The summed E-state index contributed by atoms with van der Waals surface area (Å²) in [5.74, 6) is -0.906. The summed E-state index contributed by atoms with van der Waals surface area (Å²) in [6.07, 6.45) is 0. The van der Waals surface area contributed by atoms with Crippen molar-refractivity contribution in [3.63, 3.8) is 0 Å². The van der Waals surface area contributed by atoms with Gasteiger partial charge in [0.15, 0.2) is 0 Å². The lowest BCUT2D eigenvalue weighted by Crippen LogP contribution is -1.96. The molecule has 2 rings (SSSR count). The minimum Gasteiger partial charge on any atom is -0.478 e. The van der Waals surface area contributed by atoms with E-state index in [2.05, 4.69) is 15.9 Å². The molecule has 0 atom stereocenters. The molecular weight excluding hydrogens is 344 g/mol. The van der Waals surface area contributed by atoms with Crippen molar-refractivity contribution >= 4 is 38.7 Å². The molecule has 0 amide bonds. The normalized spacial score (nSPS) is 9.35. The summed E-state index contributed by atoms with van der Waals surface area (Å²) >= 11 is 8.33. The van der Waals surface area contributed by atoms with E-state index in [9.17, 15) is 9.59 Å². The zero-order chi connectivity index (χ0) is 15.1. The van der Waals surface area contributed by atoms with Crippen LogP contribution in [-0.2, 0) is 0 Å². The van der Waals surface area contributed by atoms with Crippen LogP contribution < -0.4 is 0 Å². The van der Waals surface area contributed by atoms with Gasteiger partial charge in [0.25, 0.3) is 5.24 Å². The molecule has 0 radical (unpaired) electrons. The first-order valence-corrected chi connectivity index (χ1v) is 6.83. The van der Waals surface area contributed by atoms with Crippen LogP contribution in [0.2, 0.25) is 0 Å². The highest BCUT2D eigenvalue weighted by Crippen LogP contribution is 2.17. The molecule has 0 spiro atoms. The zero-order valence-electron chi connectivity index (χ0n) is 10.6. The van der Waals surface area contributed by atoms with Gasteiger partial charge in [0.05, 0.1) is 5.56 Å². The van der Waals surface area contributed by atoms with Gasteiger partial charge in [0, 0.05) is 10.0 Å². The molecule has 2 aromatic rings. The molecule has 2 aromatic carbocycles. The fourth-order valence-corrected chi connectivity index (χ4v) is 2.15. The second-order valence-corrected chi connectivity index (χ2v) is 5.13. The van der Waals surface area contributed by atoms with Crippen molar-refractivity contribution in [2.75, 3.05) is 0 Å². The molecule has 0 unspecified atom stereocenters. The van der Waals surface area contributed by atoms with Crippen molar-refractivity contribution in [1.82, 2.24) is 0 Å². The van der Waals surface area contributed by atoms with Crippen LogP contribution >= 0.6 is 27.5 Å².